The molecule has 0 unspecified atom stereocenters. The summed E-state index contributed by atoms with van der Waals surface area (Å²) in [5, 5.41) is 8.36. The number of nitrogens with zero attached hydrogens (tertiary/aromatic N) is 1. The topological polar surface area (TPSA) is 73.5 Å². The second-order valence-electron chi connectivity index (χ2n) is 3.08. The van der Waals surface area contributed by atoms with Crippen molar-refractivity contribution in [1.82, 2.24) is 20.9 Å². The Morgan fingerprint density at radius 3 is 2.67 bits per heavy atom. The van der Waals surface area contributed by atoms with Gasteiger partial charge in [-0.1, -0.05) is 0 Å². The lowest BCUT2D eigenvalue weighted by Crippen LogP contribution is -2.41. The van der Waals surface area contributed by atoms with Crippen molar-refractivity contribution in [1.29, 1.82) is 0 Å². The molecule has 0 saturated carbocycles. The maximum atomic E-state index is 11.2. The molecular weight excluding hydrogens is 196 g/mol. The predicted octanol–water partition coefficient (Wildman–Crippen LogP) is -1.02. The first-order valence-electron chi connectivity index (χ1n) is 5.09. The van der Waals surface area contributed by atoms with Crippen LogP contribution in [0.4, 0.5) is 4.79 Å². The number of nitrogens with one attached hydrogen (secondary N) is 3. The molecule has 3 N–H and O–H groups in total. The molecule has 6 heteroatoms. The number of likely N-dealkylation sites (N-methyl/N-ethyl adjacent to an activating group) is 1. The van der Waals surface area contributed by atoms with Gasteiger partial charge in [-0.15, -0.1) is 0 Å². The molecule has 6 nitrogen and oxygen atoms in total. The molecule has 0 aromatic carbocycles. The summed E-state index contributed by atoms with van der Waals surface area (Å²) in [6.07, 6.45) is 0.669. The van der Waals surface area contributed by atoms with Crippen LogP contribution in [0.2, 0.25) is 0 Å². The van der Waals surface area contributed by atoms with E-state index in [0.29, 0.717) is 39.1 Å². The highest BCUT2D eigenvalue weighted by molar-refractivity contribution is 5.73. The van der Waals surface area contributed by atoms with E-state index in [4.69, 9.17) is 0 Å². The van der Waals surface area contributed by atoms with E-state index in [-0.39, 0.29) is 6.03 Å². The number of carbonyl (C=O) groups is 2. The van der Waals surface area contributed by atoms with Gasteiger partial charge < -0.3 is 20.9 Å². The lowest BCUT2D eigenvalue weighted by molar-refractivity contribution is -0.109. The Kier molecular flexibility index (Phi) is 8.46. The minimum Gasteiger partial charge on any atom is -0.357 e. The Balaban J connectivity index is 3.34. The summed E-state index contributed by atoms with van der Waals surface area (Å²) in [7, 11) is 1.75. The van der Waals surface area contributed by atoms with Crippen LogP contribution in [-0.4, -0.2) is 57.1 Å². The van der Waals surface area contributed by atoms with Crippen LogP contribution < -0.4 is 16.0 Å². The third-order valence-corrected chi connectivity index (χ3v) is 1.83. The van der Waals surface area contributed by atoms with Gasteiger partial charge in [0.25, 0.3) is 0 Å². The van der Waals surface area contributed by atoms with Crippen molar-refractivity contribution in [3.63, 3.8) is 0 Å². The lowest BCUT2D eigenvalue weighted by Gasteiger charge is -2.17. The van der Waals surface area contributed by atoms with Crippen molar-refractivity contribution in [2.75, 3.05) is 39.8 Å². The molecule has 88 valence electrons. The molecule has 0 fully saturated rings. The molecule has 15 heavy (non-hydrogen) atoms. The largest absolute Gasteiger partial charge is 0.357 e. The van der Waals surface area contributed by atoms with E-state index in [1.807, 2.05) is 6.92 Å². The highest BCUT2D eigenvalue weighted by Crippen LogP contribution is 1.81. The van der Waals surface area contributed by atoms with Crippen LogP contribution in [0.3, 0.4) is 0 Å². The number of amides is 3. The minimum atomic E-state index is -0.0645. The smallest absolute Gasteiger partial charge is 0.317 e. The average molecular weight is 216 g/mol. The van der Waals surface area contributed by atoms with Crippen molar-refractivity contribution in [3.05, 3.63) is 0 Å². The molecule has 0 radical (unpaired) electrons. The van der Waals surface area contributed by atoms with Gasteiger partial charge in [0.15, 0.2) is 0 Å². The third kappa shape index (κ3) is 7.75. The minimum absolute atomic E-state index is 0.0645. The highest BCUT2D eigenvalue weighted by atomic mass is 16.2. The molecule has 0 spiro atoms. The van der Waals surface area contributed by atoms with Crippen LogP contribution in [0.15, 0.2) is 0 Å². The average Bonchev–Trinajstić information content (AvgIpc) is 2.23. The molecule has 0 aliphatic heterocycles. The van der Waals surface area contributed by atoms with Gasteiger partial charge in [-0.2, -0.15) is 0 Å². The molecule has 0 aliphatic carbocycles. The second kappa shape index (κ2) is 9.26. The van der Waals surface area contributed by atoms with E-state index in [1.54, 1.807) is 11.9 Å². The summed E-state index contributed by atoms with van der Waals surface area (Å²) >= 11 is 0. The van der Waals surface area contributed by atoms with Crippen LogP contribution in [0.1, 0.15) is 6.92 Å². The normalized spacial score (nSPS) is 9.47. The Labute approximate surface area is 90.4 Å². The summed E-state index contributed by atoms with van der Waals surface area (Å²) in [4.78, 5) is 22.8. The van der Waals surface area contributed by atoms with Gasteiger partial charge in [0.05, 0.1) is 0 Å². The molecule has 0 heterocycles. The standard InChI is InChI=1S/C9H20N4O2/c1-3-12-9(15)13(2)7-6-10-4-5-11-8-14/h8,10H,3-7H2,1-2H3,(H,11,14)(H,12,15). The van der Waals surface area contributed by atoms with Crippen LogP contribution in [0.5, 0.6) is 0 Å². The van der Waals surface area contributed by atoms with Gasteiger partial charge in [-0.3, -0.25) is 4.79 Å². The monoisotopic (exact) mass is 216 g/mol. The Bertz CT molecular complexity index is 187. The van der Waals surface area contributed by atoms with E-state index in [2.05, 4.69) is 16.0 Å². The number of carbonyl (C=O) groups excluding carboxylic acids is 2. The first-order valence-corrected chi connectivity index (χ1v) is 5.09. The Hall–Kier alpha value is -1.30. The maximum Gasteiger partial charge on any atom is 0.317 e. The highest BCUT2D eigenvalue weighted by Gasteiger charge is 2.04. The van der Waals surface area contributed by atoms with Crippen molar-refractivity contribution < 1.29 is 9.59 Å². The molecule has 0 rings (SSSR count). The van der Waals surface area contributed by atoms with Gasteiger partial charge in [0.1, 0.15) is 0 Å². The van der Waals surface area contributed by atoms with E-state index >= 15 is 0 Å². The van der Waals surface area contributed by atoms with Crippen LogP contribution in [0, 0.1) is 0 Å². The first kappa shape index (κ1) is 13.7. The lowest BCUT2D eigenvalue weighted by atomic mass is 10.5. The molecule has 0 saturated heterocycles. The molecular formula is C9H20N4O2. The molecule has 0 aromatic rings. The quantitative estimate of drug-likeness (QED) is 0.359. The van der Waals surface area contributed by atoms with Crippen molar-refractivity contribution in [2.45, 2.75) is 6.92 Å². The van der Waals surface area contributed by atoms with Gasteiger partial charge >= 0.3 is 6.03 Å². The van der Waals surface area contributed by atoms with Crippen LogP contribution >= 0.6 is 0 Å². The zero-order chi connectivity index (χ0) is 11.5. The summed E-state index contributed by atoms with van der Waals surface area (Å²) in [6.45, 7) is 5.20. The van der Waals surface area contributed by atoms with Crippen molar-refractivity contribution in [2.24, 2.45) is 0 Å². The fraction of sp³-hybridized carbons (Fsp3) is 0.778. The van der Waals surface area contributed by atoms with Crippen LogP contribution in [0.25, 0.3) is 0 Å². The van der Waals surface area contributed by atoms with Crippen molar-refractivity contribution in [3.8, 4) is 0 Å². The zero-order valence-electron chi connectivity index (χ0n) is 9.38. The maximum absolute atomic E-state index is 11.2. The second-order valence-corrected chi connectivity index (χ2v) is 3.08. The van der Waals surface area contributed by atoms with Crippen molar-refractivity contribution >= 4 is 12.4 Å². The Morgan fingerprint density at radius 2 is 2.07 bits per heavy atom. The number of hydrogen-bond acceptors (Lipinski definition) is 3. The van der Waals surface area contributed by atoms with E-state index in [1.165, 1.54) is 0 Å². The van der Waals surface area contributed by atoms with Gasteiger partial charge in [-0.25, -0.2) is 4.79 Å². The summed E-state index contributed by atoms with van der Waals surface area (Å²) in [5.41, 5.74) is 0. The molecule has 0 aromatic heterocycles. The number of urea groups is 1. The first-order chi connectivity index (χ1) is 7.22. The fourth-order valence-electron chi connectivity index (χ4n) is 0.979. The molecule has 0 bridgehead atoms. The van der Waals surface area contributed by atoms with Crippen LogP contribution in [-0.2, 0) is 4.79 Å². The molecule has 0 atom stereocenters. The van der Waals surface area contributed by atoms with E-state index < -0.39 is 0 Å². The van der Waals surface area contributed by atoms with Gasteiger partial charge in [-0.05, 0) is 6.92 Å². The van der Waals surface area contributed by atoms with Gasteiger partial charge in [0.2, 0.25) is 6.41 Å². The predicted molar refractivity (Wildman–Crippen MR) is 58.6 cm³/mol. The molecule has 0 aliphatic rings. The summed E-state index contributed by atoms with van der Waals surface area (Å²) in [5.74, 6) is 0. The zero-order valence-corrected chi connectivity index (χ0v) is 9.38. The van der Waals surface area contributed by atoms with Gasteiger partial charge in [0, 0.05) is 39.8 Å². The van der Waals surface area contributed by atoms with E-state index in [0.717, 1.165) is 0 Å². The Morgan fingerprint density at radius 1 is 1.33 bits per heavy atom. The third-order valence-electron chi connectivity index (χ3n) is 1.83. The summed E-state index contributed by atoms with van der Waals surface area (Å²) in [6, 6.07) is -0.0645. The number of hydrogen-bond donors (Lipinski definition) is 3. The molecule has 3 amide bonds. The summed E-state index contributed by atoms with van der Waals surface area (Å²) < 4.78 is 0. The van der Waals surface area contributed by atoms with E-state index in [9.17, 15) is 9.59 Å². The number of rotatable bonds is 8. The SMILES string of the molecule is CCNC(=O)N(C)CCNCCNC=O. The fourth-order valence-corrected chi connectivity index (χ4v) is 0.979.